The summed E-state index contributed by atoms with van der Waals surface area (Å²) >= 11 is 9.15. The van der Waals surface area contributed by atoms with E-state index in [4.69, 9.17) is 11.6 Å². The van der Waals surface area contributed by atoms with E-state index in [0.29, 0.717) is 11.7 Å². The molecule has 0 aromatic carbocycles. The lowest BCUT2D eigenvalue weighted by atomic mass is 10.3. The summed E-state index contributed by atoms with van der Waals surface area (Å²) in [5.41, 5.74) is 0. The Kier molecular flexibility index (Phi) is 6.06. The standard InChI is InChI=1S/C18H24ClN5OS2/c1-2-24-17(13-3-4-13)20-21-18(24)26-12-16(25)23-9-7-22(8-10-23)11-14-5-6-15(19)27-14/h5-6,13H,2-4,7-12H2,1H3. The summed E-state index contributed by atoms with van der Waals surface area (Å²) in [5, 5.41) is 9.53. The highest BCUT2D eigenvalue weighted by Crippen LogP contribution is 2.40. The predicted molar refractivity (Wildman–Crippen MR) is 110 cm³/mol. The highest BCUT2D eigenvalue weighted by Gasteiger charge is 2.30. The fourth-order valence-electron chi connectivity index (χ4n) is 3.38. The number of amides is 1. The molecule has 0 N–H and O–H groups in total. The summed E-state index contributed by atoms with van der Waals surface area (Å²) in [6.45, 7) is 7.27. The number of thioether (sulfide) groups is 1. The van der Waals surface area contributed by atoms with Crippen molar-refractivity contribution in [2.75, 3.05) is 31.9 Å². The second-order valence-electron chi connectivity index (χ2n) is 7.01. The lowest BCUT2D eigenvalue weighted by molar-refractivity contribution is -0.130. The van der Waals surface area contributed by atoms with Gasteiger partial charge in [-0.2, -0.15) is 0 Å². The van der Waals surface area contributed by atoms with Crippen molar-refractivity contribution in [3.63, 3.8) is 0 Å². The molecule has 1 amide bonds. The first-order valence-electron chi connectivity index (χ1n) is 9.44. The molecular formula is C18H24ClN5OS2. The zero-order chi connectivity index (χ0) is 18.8. The summed E-state index contributed by atoms with van der Waals surface area (Å²) in [6, 6.07) is 4.03. The Morgan fingerprint density at radius 1 is 1.26 bits per heavy atom. The molecule has 0 atom stereocenters. The molecule has 0 radical (unpaired) electrons. The van der Waals surface area contributed by atoms with Crippen LogP contribution in [0, 0.1) is 0 Å². The number of carbonyl (C=O) groups excluding carboxylic acids is 1. The third kappa shape index (κ3) is 4.67. The molecule has 2 aromatic heterocycles. The van der Waals surface area contributed by atoms with E-state index in [1.54, 1.807) is 11.3 Å². The second kappa shape index (κ2) is 8.51. The summed E-state index contributed by atoms with van der Waals surface area (Å²) in [7, 11) is 0. The van der Waals surface area contributed by atoms with E-state index >= 15 is 0 Å². The van der Waals surface area contributed by atoms with Gasteiger partial charge in [-0.15, -0.1) is 21.5 Å². The van der Waals surface area contributed by atoms with Crippen molar-refractivity contribution in [3.05, 3.63) is 27.2 Å². The molecule has 2 fully saturated rings. The van der Waals surface area contributed by atoms with E-state index in [1.807, 2.05) is 11.0 Å². The van der Waals surface area contributed by atoms with Crippen molar-refractivity contribution in [3.8, 4) is 0 Å². The second-order valence-corrected chi connectivity index (χ2v) is 9.75. The van der Waals surface area contributed by atoms with E-state index in [-0.39, 0.29) is 5.91 Å². The Labute approximate surface area is 172 Å². The number of piperazine rings is 1. The van der Waals surface area contributed by atoms with Gasteiger partial charge in [-0.05, 0) is 31.9 Å². The minimum Gasteiger partial charge on any atom is -0.339 e. The first-order chi connectivity index (χ1) is 13.1. The van der Waals surface area contributed by atoms with Crippen LogP contribution in [-0.4, -0.2) is 62.4 Å². The van der Waals surface area contributed by atoms with Crippen LogP contribution in [0.25, 0.3) is 0 Å². The fourth-order valence-corrected chi connectivity index (χ4v) is 5.42. The van der Waals surface area contributed by atoms with Gasteiger partial charge in [0.1, 0.15) is 5.82 Å². The molecule has 0 unspecified atom stereocenters. The van der Waals surface area contributed by atoms with Crippen LogP contribution in [0.2, 0.25) is 4.34 Å². The normalized spacial score (nSPS) is 18.2. The molecule has 1 aliphatic carbocycles. The first-order valence-corrected chi connectivity index (χ1v) is 11.6. The molecule has 2 aromatic rings. The van der Waals surface area contributed by atoms with Crippen molar-refractivity contribution in [1.82, 2.24) is 24.6 Å². The minimum atomic E-state index is 0.192. The Hall–Kier alpha value is -1.09. The van der Waals surface area contributed by atoms with Crippen molar-refractivity contribution >= 4 is 40.6 Å². The van der Waals surface area contributed by atoms with Gasteiger partial charge in [-0.25, -0.2) is 0 Å². The van der Waals surface area contributed by atoms with Crippen molar-refractivity contribution in [1.29, 1.82) is 0 Å². The van der Waals surface area contributed by atoms with Crippen LogP contribution < -0.4 is 0 Å². The van der Waals surface area contributed by atoms with Crippen LogP contribution >= 0.6 is 34.7 Å². The van der Waals surface area contributed by atoms with Gasteiger partial charge in [0, 0.05) is 50.1 Å². The number of halogens is 1. The molecule has 9 heteroatoms. The Morgan fingerprint density at radius 2 is 2.04 bits per heavy atom. The third-order valence-electron chi connectivity index (χ3n) is 5.06. The number of aromatic nitrogens is 3. The number of thiophene rings is 1. The number of rotatable bonds is 7. The molecule has 1 saturated carbocycles. The van der Waals surface area contributed by atoms with Crippen LogP contribution in [0.5, 0.6) is 0 Å². The van der Waals surface area contributed by atoms with Gasteiger partial charge in [0.05, 0.1) is 10.1 Å². The van der Waals surface area contributed by atoms with Crippen LogP contribution in [0.4, 0.5) is 0 Å². The zero-order valence-electron chi connectivity index (χ0n) is 15.4. The average molecular weight is 426 g/mol. The Morgan fingerprint density at radius 3 is 2.67 bits per heavy atom. The molecule has 146 valence electrons. The molecular weight excluding hydrogens is 402 g/mol. The van der Waals surface area contributed by atoms with E-state index < -0.39 is 0 Å². The zero-order valence-corrected chi connectivity index (χ0v) is 17.8. The Bertz CT molecular complexity index is 796. The summed E-state index contributed by atoms with van der Waals surface area (Å²) in [5.74, 6) is 2.30. The van der Waals surface area contributed by atoms with Gasteiger partial charge in [0.2, 0.25) is 5.91 Å². The summed E-state index contributed by atoms with van der Waals surface area (Å²) < 4.78 is 3.00. The van der Waals surface area contributed by atoms with Crippen LogP contribution in [-0.2, 0) is 17.9 Å². The van der Waals surface area contributed by atoms with Crippen LogP contribution in [0.1, 0.15) is 36.4 Å². The van der Waals surface area contributed by atoms with E-state index in [1.165, 1.54) is 29.5 Å². The van der Waals surface area contributed by atoms with Crippen molar-refractivity contribution in [2.45, 2.75) is 43.9 Å². The van der Waals surface area contributed by atoms with E-state index in [2.05, 4.69) is 32.7 Å². The Balaban J connectivity index is 1.25. The fraction of sp³-hybridized carbons (Fsp3) is 0.611. The van der Waals surface area contributed by atoms with Crippen LogP contribution in [0.15, 0.2) is 17.3 Å². The van der Waals surface area contributed by atoms with Gasteiger partial charge in [0.25, 0.3) is 0 Å². The molecule has 3 heterocycles. The highest BCUT2D eigenvalue weighted by molar-refractivity contribution is 7.99. The highest BCUT2D eigenvalue weighted by atomic mass is 35.5. The van der Waals surface area contributed by atoms with E-state index in [0.717, 1.165) is 54.6 Å². The topological polar surface area (TPSA) is 54.3 Å². The smallest absolute Gasteiger partial charge is 0.233 e. The van der Waals surface area contributed by atoms with E-state index in [9.17, 15) is 4.79 Å². The SMILES string of the molecule is CCn1c(SCC(=O)N2CCN(Cc3ccc(Cl)s3)CC2)nnc1C1CC1. The van der Waals surface area contributed by atoms with Crippen molar-refractivity contribution < 1.29 is 4.79 Å². The number of hydrogen-bond acceptors (Lipinski definition) is 6. The quantitative estimate of drug-likeness (QED) is 0.637. The molecule has 27 heavy (non-hydrogen) atoms. The lowest BCUT2D eigenvalue weighted by Gasteiger charge is -2.34. The molecule has 0 spiro atoms. The monoisotopic (exact) mass is 425 g/mol. The number of nitrogens with zero attached hydrogens (tertiary/aromatic N) is 5. The molecule has 6 nitrogen and oxygen atoms in total. The minimum absolute atomic E-state index is 0.192. The predicted octanol–water partition coefficient (Wildman–Crippen LogP) is 3.33. The molecule has 2 aliphatic rings. The van der Waals surface area contributed by atoms with Gasteiger partial charge >= 0.3 is 0 Å². The van der Waals surface area contributed by atoms with Crippen molar-refractivity contribution in [2.24, 2.45) is 0 Å². The molecule has 1 saturated heterocycles. The lowest BCUT2D eigenvalue weighted by Crippen LogP contribution is -2.48. The summed E-state index contributed by atoms with van der Waals surface area (Å²) in [6.07, 6.45) is 2.42. The third-order valence-corrected chi connectivity index (χ3v) is 7.23. The number of carbonyl (C=O) groups is 1. The first kappa shape index (κ1) is 19.2. The molecule has 0 bridgehead atoms. The number of hydrogen-bond donors (Lipinski definition) is 0. The van der Waals surface area contributed by atoms with Gasteiger partial charge in [-0.3, -0.25) is 9.69 Å². The van der Waals surface area contributed by atoms with Gasteiger partial charge in [0.15, 0.2) is 5.16 Å². The van der Waals surface area contributed by atoms with Gasteiger partial charge in [-0.1, -0.05) is 23.4 Å². The average Bonchev–Trinajstić information content (AvgIpc) is 3.31. The van der Waals surface area contributed by atoms with Crippen LogP contribution in [0.3, 0.4) is 0 Å². The maximum atomic E-state index is 12.6. The molecule has 4 rings (SSSR count). The maximum Gasteiger partial charge on any atom is 0.233 e. The van der Waals surface area contributed by atoms with Gasteiger partial charge < -0.3 is 9.47 Å². The largest absolute Gasteiger partial charge is 0.339 e. The maximum absolute atomic E-state index is 12.6. The summed E-state index contributed by atoms with van der Waals surface area (Å²) in [4.78, 5) is 18.2. The molecule has 1 aliphatic heterocycles.